The summed E-state index contributed by atoms with van der Waals surface area (Å²) < 4.78 is 5.17. The van der Waals surface area contributed by atoms with Gasteiger partial charge in [-0.2, -0.15) is 0 Å². The summed E-state index contributed by atoms with van der Waals surface area (Å²) in [6.07, 6.45) is 0.511. The van der Waals surface area contributed by atoms with Crippen LogP contribution in [0.15, 0.2) is 24.3 Å². The first-order chi connectivity index (χ1) is 8.55. The maximum atomic E-state index is 11.8. The monoisotopic (exact) mass is 248 g/mol. The second-order valence-corrected chi connectivity index (χ2v) is 5.17. The molecule has 1 aliphatic rings. The van der Waals surface area contributed by atoms with Gasteiger partial charge in [-0.15, -0.1) is 0 Å². The van der Waals surface area contributed by atoms with Gasteiger partial charge in [0.1, 0.15) is 6.61 Å². The fourth-order valence-corrected chi connectivity index (χ4v) is 2.36. The van der Waals surface area contributed by atoms with Crippen molar-refractivity contribution in [2.75, 3.05) is 13.2 Å². The van der Waals surface area contributed by atoms with E-state index in [-0.39, 0.29) is 11.6 Å². The first-order valence-electron chi connectivity index (χ1n) is 6.25. The SMILES string of the molecule is Cc1cccc(CN2C(=O)OCC2(C)CCN)c1. The minimum Gasteiger partial charge on any atom is -0.447 e. The van der Waals surface area contributed by atoms with E-state index in [0.717, 1.165) is 12.0 Å². The molecule has 1 fully saturated rings. The first kappa shape index (κ1) is 12.9. The molecule has 2 rings (SSSR count). The van der Waals surface area contributed by atoms with Crippen LogP contribution in [0.1, 0.15) is 24.5 Å². The third-order valence-electron chi connectivity index (χ3n) is 3.48. The molecule has 0 bridgehead atoms. The third-order valence-corrected chi connectivity index (χ3v) is 3.48. The molecule has 1 atom stereocenters. The Morgan fingerprint density at radius 2 is 2.28 bits per heavy atom. The number of carbonyl (C=O) groups excluding carboxylic acids is 1. The first-order valence-corrected chi connectivity index (χ1v) is 6.25. The van der Waals surface area contributed by atoms with Gasteiger partial charge in [-0.3, -0.25) is 4.90 Å². The lowest BCUT2D eigenvalue weighted by Gasteiger charge is -2.31. The molecule has 0 aromatic heterocycles. The van der Waals surface area contributed by atoms with Crippen LogP contribution in [0, 0.1) is 6.92 Å². The number of nitrogens with zero attached hydrogens (tertiary/aromatic N) is 1. The maximum Gasteiger partial charge on any atom is 0.410 e. The Morgan fingerprint density at radius 3 is 2.94 bits per heavy atom. The molecule has 0 spiro atoms. The molecule has 0 aliphatic carbocycles. The summed E-state index contributed by atoms with van der Waals surface area (Å²) in [6.45, 7) is 5.63. The summed E-state index contributed by atoms with van der Waals surface area (Å²) in [5.41, 5.74) is 7.66. The van der Waals surface area contributed by atoms with E-state index in [1.807, 2.05) is 32.0 Å². The Balaban J connectivity index is 2.17. The Morgan fingerprint density at radius 1 is 1.50 bits per heavy atom. The van der Waals surface area contributed by atoms with Gasteiger partial charge in [0, 0.05) is 6.54 Å². The molecule has 4 heteroatoms. The van der Waals surface area contributed by atoms with Crippen molar-refractivity contribution in [1.29, 1.82) is 0 Å². The van der Waals surface area contributed by atoms with Crippen LogP contribution in [0.25, 0.3) is 0 Å². The molecule has 1 aliphatic heterocycles. The Kier molecular flexibility index (Phi) is 3.57. The summed E-state index contributed by atoms with van der Waals surface area (Å²) in [4.78, 5) is 13.6. The lowest BCUT2D eigenvalue weighted by molar-refractivity contribution is 0.148. The van der Waals surface area contributed by atoms with E-state index in [9.17, 15) is 4.79 Å². The Bertz CT molecular complexity index is 447. The standard InChI is InChI=1S/C14H20N2O2/c1-11-4-3-5-12(8-11)9-16-13(17)18-10-14(16,2)6-7-15/h3-5,8H,6-7,9-10,15H2,1-2H3. The molecule has 1 heterocycles. The topological polar surface area (TPSA) is 55.6 Å². The third kappa shape index (κ3) is 2.48. The van der Waals surface area contributed by atoms with Crippen LogP contribution >= 0.6 is 0 Å². The molecule has 98 valence electrons. The Labute approximate surface area is 108 Å². The van der Waals surface area contributed by atoms with Crippen LogP contribution in [0.3, 0.4) is 0 Å². The van der Waals surface area contributed by atoms with Crippen molar-refractivity contribution in [3.8, 4) is 0 Å². The van der Waals surface area contributed by atoms with Crippen molar-refractivity contribution in [1.82, 2.24) is 4.90 Å². The zero-order chi connectivity index (χ0) is 13.2. The normalized spacial score (nSPS) is 23.3. The number of nitrogens with two attached hydrogens (primary N) is 1. The quantitative estimate of drug-likeness (QED) is 0.887. The van der Waals surface area contributed by atoms with Crippen molar-refractivity contribution in [2.24, 2.45) is 5.73 Å². The van der Waals surface area contributed by atoms with E-state index in [2.05, 4.69) is 6.07 Å². The highest BCUT2D eigenvalue weighted by molar-refractivity contribution is 5.71. The van der Waals surface area contributed by atoms with Gasteiger partial charge in [0.25, 0.3) is 0 Å². The van der Waals surface area contributed by atoms with Crippen LogP contribution in [0.2, 0.25) is 0 Å². The zero-order valence-electron chi connectivity index (χ0n) is 11.0. The van der Waals surface area contributed by atoms with Gasteiger partial charge in [-0.25, -0.2) is 4.79 Å². The summed E-state index contributed by atoms with van der Waals surface area (Å²) in [7, 11) is 0. The number of hydrogen-bond donors (Lipinski definition) is 1. The lowest BCUT2D eigenvalue weighted by atomic mass is 9.97. The van der Waals surface area contributed by atoms with Crippen LogP contribution in [-0.4, -0.2) is 29.7 Å². The van der Waals surface area contributed by atoms with E-state index in [4.69, 9.17) is 10.5 Å². The predicted molar refractivity (Wildman–Crippen MR) is 70.1 cm³/mol. The number of rotatable bonds is 4. The van der Waals surface area contributed by atoms with Gasteiger partial charge < -0.3 is 10.5 Å². The Hall–Kier alpha value is -1.55. The number of ether oxygens (including phenoxy) is 1. The van der Waals surface area contributed by atoms with Crippen molar-refractivity contribution >= 4 is 6.09 Å². The lowest BCUT2D eigenvalue weighted by Crippen LogP contribution is -2.45. The molecule has 1 aromatic carbocycles. The molecule has 2 N–H and O–H groups in total. The van der Waals surface area contributed by atoms with Crippen LogP contribution < -0.4 is 5.73 Å². The molecule has 1 amide bonds. The van der Waals surface area contributed by atoms with Crippen molar-refractivity contribution in [3.63, 3.8) is 0 Å². The molecule has 1 unspecified atom stereocenters. The molecular weight excluding hydrogens is 228 g/mol. The van der Waals surface area contributed by atoms with Crippen molar-refractivity contribution in [2.45, 2.75) is 32.4 Å². The van der Waals surface area contributed by atoms with Gasteiger partial charge in [0.2, 0.25) is 0 Å². The average molecular weight is 248 g/mol. The zero-order valence-corrected chi connectivity index (χ0v) is 11.0. The van der Waals surface area contributed by atoms with Crippen LogP contribution in [0.4, 0.5) is 4.79 Å². The van der Waals surface area contributed by atoms with Crippen molar-refractivity contribution in [3.05, 3.63) is 35.4 Å². The second kappa shape index (κ2) is 4.98. The maximum absolute atomic E-state index is 11.8. The minimum atomic E-state index is -0.282. The number of aryl methyl sites for hydroxylation is 1. The van der Waals surface area contributed by atoms with E-state index < -0.39 is 0 Å². The fourth-order valence-electron chi connectivity index (χ4n) is 2.36. The van der Waals surface area contributed by atoms with Gasteiger partial charge in [-0.05, 0) is 32.4 Å². The second-order valence-electron chi connectivity index (χ2n) is 5.17. The van der Waals surface area contributed by atoms with Crippen molar-refractivity contribution < 1.29 is 9.53 Å². The number of amides is 1. The van der Waals surface area contributed by atoms with Gasteiger partial charge in [0.05, 0.1) is 5.54 Å². The van der Waals surface area contributed by atoms with Crippen LogP contribution in [0.5, 0.6) is 0 Å². The molecule has 0 radical (unpaired) electrons. The smallest absolute Gasteiger partial charge is 0.410 e. The van der Waals surface area contributed by atoms with E-state index in [1.54, 1.807) is 4.90 Å². The van der Waals surface area contributed by atoms with Crippen LogP contribution in [-0.2, 0) is 11.3 Å². The number of hydrogen-bond acceptors (Lipinski definition) is 3. The number of carbonyl (C=O) groups is 1. The number of benzene rings is 1. The molecule has 4 nitrogen and oxygen atoms in total. The molecular formula is C14H20N2O2. The summed E-state index contributed by atoms with van der Waals surface area (Å²) in [5.74, 6) is 0. The number of cyclic esters (lactones) is 1. The molecule has 1 saturated heterocycles. The highest BCUT2D eigenvalue weighted by Gasteiger charge is 2.42. The average Bonchev–Trinajstić information content (AvgIpc) is 2.58. The van der Waals surface area contributed by atoms with Gasteiger partial charge in [0.15, 0.2) is 0 Å². The summed E-state index contributed by atoms with van der Waals surface area (Å²) in [6, 6.07) is 8.17. The highest BCUT2D eigenvalue weighted by Crippen LogP contribution is 2.29. The summed E-state index contributed by atoms with van der Waals surface area (Å²) >= 11 is 0. The van der Waals surface area contributed by atoms with E-state index in [1.165, 1.54) is 5.56 Å². The molecule has 1 aromatic rings. The highest BCUT2D eigenvalue weighted by atomic mass is 16.6. The summed E-state index contributed by atoms with van der Waals surface area (Å²) in [5, 5.41) is 0. The van der Waals surface area contributed by atoms with Gasteiger partial charge in [-0.1, -0.05) is 29.8 Å². The minimum absolute atomic E-state index is 0.243. The predicted octanol–water partition coefficient (Wildman–Crippen LogP) is 2.05. The molecule has 0 saturated carbocycles. The largest absolute Gasteiger partial charge is 0.447 e. The van der Waals surface area contributed by atoms with E-state index in [0.29, 0.717) is 19.7 Å². The van der Waals surface area contributed by atoms with E-state index >= 15 is 0 Å². The molecule has 18 heavy (non-hydrogen) atoms. The fraction of sp³-hybridized carbons (Fsp3) is 0.500. The van der Waals surface area contributed by atoms with Gasteiger partial charge >= 0.3 is 6.09 Å².